The lowest BCUT2D eigenvalue weighted by Crippen LogP contribution is -2.37. The largest absolute Gasteiger partial charge is 0.342 e. The molecule has 3 rings (SSSR count). The van der Waals surface area contributed by atoms with Crippen molar-refractivity contribution in [2.24, 2.45) is 11.8 Å². The van der Waals surface area contributed by atoms with E-state index in [-0.39, 0.29) is 11.8 Å². The Labute approximate surface area is 115 Å². The molecule has 0 aromatic carbocycles. The van der Waals surface area contributed by atoms with Crippen LogP contribution < -0.4 is 0 Å². The van der Waals surface area contributed by atoms with E-state index in [2.05, 4.69) is 0 Å². The smallest absolute Gasteiger partial charge is 0.227 e. The highest BCUT2D eigenvalue weighted by atomic mass is 16.2. The molecule has 3 aliphatic rings. The Balaban J connectivity index is 1.54. The van der Waals surface area contributed by atoms with Crippen LogP contribution in [-0.2, 0) is 9.59 Å². The second-order valence-corrected chi connectivity index (χ2v) is 6.28. The van der Waals surface area contributed by atoms with E-state index in [9.17, 15) is 9.59 Å². The highest BCUT2D eigenvalue weighted by Crippen LogP contribution is 2.29. The number of likely N-dealkylation sites (tertiary alicyclic amines) is 2. The van der Waals surface area contributed by atoms with Crippen LogP contribution in [0.4, 0.5) is 0 Å². The van der Waals surface area contributed by atoms with Crippen LogP contribution in [0.15, 0.2) is 0 Å². The number of hydrogen-bond acceptors (Lipinski definition) is 2. The Kier molecular flexibility index (Phi) is 3.76. The number of hydrogen-bond donors (Lipinski definition) is 0. The summed E-state index contributed by atoms with van der Waals surface area (Å²) < 4.78 is 0. The Bertz CT molecular complexity index is 323. The van der Waals surface area contributed by atoms with Gasteiger partial charge in [-0.25, -0.2) is 0 Å². The van der Waals surface area contributed by atoms with E-state index in [0.29, 0.717) is 18.4 Å². The normalized spacial score (nSPS) is 28.3. The highest BCUT2D eigenvalue weighted by Gasteiger charge is 2.36. The van der Waals surface area contributed by atoms with E-state index >= 15 is 0 Å². The van der Waals surface area contributed by atoms with E-state index in [1.54, 1.807) is 0 Å². The van der Waals surface area contributed by atoms with E-state index in [1.807, 2.05) is 9.80 Å². The number of rotatable bonds is 2. The molecule has 4 nitrogen and oxygen atoms in total. The number of nitrogens with zero attached hydrogens (tertiary/aromatic N) is 2. The van der Waals surface area contributed by atoms with Crippen molar-refractivity contribution in [2.75, 3.05) is 26.2 Å². The Morgan fingerprint density at radius 3 is 2.00 bits per heavy atom. The molecule has 2 heterocycles. The predicted molar refractivity (Wildman–Crippen MR) is 72.5 cm³/mol. The quantitative estimate of drug-likeness (QED) is 0.761. The Morgan fingerprint density at radius 2 is 1.32 bits per heavy atom. The minimum Gasteiger partial charge on any atom is -0.342 e. The average molecular weight is 264 g/mol. The molecule has 2 aliphatic heterocycles. The van der Waals surface area contributed by atoms with Crippen molar-refractivity contribution < 1.29 is 9.59 Å². The third-order valence-corrected chi connectivity index (χ3v) is 4.97. The second kappa shape index (κ2) is 5.51. The van der Waals surface area contributed by atoms with Crippen LogP contribution in [0.2, 0.25) is 0 Å². The second-order valence-electron chi connectivity index (χ2n) is 6.28. The maximum Gasteiger partial charge on any atom is 0.227 e. The first-order chi connectivity index (χ1) is 9.25. The first-order valence-corrected chi connectivity index (χ1v) is 7.83. The molecule has 1 saturated carbocycles. The van der Waals surface area contributed by atoms with Crippen molar-refractivity contribution in [3.05, 3.63) is 0 Å². The first-order valence-electron chi connectivity index (χ1n) is 7.83. The van der Waals surface area contributed by atoms with Crippen LogP contribution in [0.1, 0.15) is 44.9 Å². The lowest BCUT2D eigenvalue weighted by atomic mass is 10.1. The topological polar surface area (TPSA) is 40.6 Å². The Morgan fingerprint density at radius 1 is 0.684 bits per heavy atom. The van der Waals surface area contributed by atoms with Gasteiger partial charge in [0, 0.05) is 32.1 Å². The van der Waals surface area contributed by atoms with Crippen LogP contribution in [0.3, 0.4) is 0 Å². The zero-order chi connectivity index (χ0) is 13.2. The molecule has 4 heteroatoms. The third-order valence-electron chi connectivity index (χ3n) is 4.97. The molecule has 0 radical (unpaired) electrons. The molecule has 0 spiro atoms. The van der Waals surface area contributed by atoms with Crippen molar-refractivity contribution >= 4 is 11.8 Å². The van der Waals surface area contributed by atoms with Gasteiger partial charge in [0.2, 0.25) is 11.8 Å². The molecule has 0 aromatic rings. The third kappa shape index (κ3) is 2.63. The summed E-state index contributed by atoms with van der Waals surface area (Å²) in [7, 11) is 0. The summed E-state index contributed by atoms with van der Waals surface area (Å²) in [6.07, 6.45) is 7.65. The summed E-state index contributed by atoms with van der Waals surface area (Å²) in [4.78, 5) is 28.6. The summed E-state index contributed by atoms with van der Waals surface area (Å²) in [5.41, 5.74) is 0. The van der Waals surface area contributed by atoms with E-state index in [1.165, 1.54) is 12.8 Å². The van der Waals surface area contributed by atoms with Gasteiger partial charge in [-0.2, -0.15) is 0 Å². The minimum absolute atomic E-state index is 0.0726. The van der Waals surface area contributed by atoms with Gasteiger partial charge in [0.15, 0.2) is 0 Å². The van der Waals surface area contributed by atoms with Crippen LogP contribution in [-0.4, -0.2) is 47.8 Å². The van der Waals surface area contributed by atoms with Gasteiger partial charge in [0.1, 0.15) is 0 Å². The highest BCUT2D eigenvalue weighted by molar-refractivity contribution is 5.83. The molecule has 0 bridgehead atoms. The summed E-state index contributed by atoms with van der Waals surface area (Å²) in [6.45, 7) is 3.31. The van der Waals surface area contributed by atoms with Crippen molar-refractivity contribution in [1.29, 1.82) is 0 Å². The minimum atomic E-state index is 0.0726. The Hall–Kier alpha value is -1.06. The van der Waals surface area contributed by atoms with Gasteiger partial charge < -0.3 is 9.80 Å². The fraction of sp³-hybridized carbons (Fsp3) is 0.867. The van der Waals surface area contributed by atoms with Crippen LogP contribution in [0, 0.1) is 11.8 Å². The van der Waals surface area contributed by atoms with E-state index in [4.69, 9.17) is 0 Å². The molecule has 2 amide bonds. The molecule has 19 heavy (non-hydrogen) atoms. The van der Waals surface area contributed by atoms with Gasteiger partial charge in [0.25, 0.3) is 0 Å². The maximum absolute atomic E-state index is 12.3. The number of carbonyl (C=O) groups is 2. The molecular weight excluding hydrogens is 240 g/mol. The van der Waals surface area contributed by atoms with E-state index in [0.717, 1.165) is 51.7 Å². The fourth-order valence-electron chi connectivity index (χ4n) is 3.79. The summed E-state index contributed by atoms with van der Waals surface area (Å²) in [5.74, 6) is 0.928. The summed E-state index contributed by atoms with van der Waals surface area (Å²) in [6, 6.07) is 0. The molecule has 0 N–H and O–H groups in total. The zero-order valence-corrected chi connectivity index (χ0v) is 11.6. The molecule has 106 valence electrons. The zero-order valence-electron chi connectivity index (χ0n) is 11.6. The van der Waals surface area contributed by atoms with Gasteiger partial charge in [0.05, 0.1) is 5.92 Å². The van der Waals surface area contributed by atoms with Crippen molar-refractivity contribution in [3.8, 4) is 0 Å². The van der Waals surface area contributed by atoms with Gasteiger partial charge >= 0.3 is 0 Å². The fourth-order valence-corrected chi connectivity index (χ4v) is 3.79. The maximum atomic E-state index is 12.3. The van der Waals surface area contributed by atoms with Crippen molar-refractivity contribution in [2.45, 2.75) is 44.9 Å². The summed E-state index contributed by atoms with van der Waals surface area (Å²) in [5, 5.41) is 0. The number of carbonyl (C=O) groups excluding carboxylic acids is 2. The predicted octanol–water partition coefficient (Wildman–Crippen LogP) is 1.65. The average Bonchev–Trinajstić information content (AvgIpc) is 3.16. The number of amides is 2. The van der Waals surface area contributed by atoms with Crippen LogP contribution in [0.5, 0.6) is 0 Å². The molecule has 1 unspecified atom stereocenters. The molecule has 1 atom stereocenters. The SMILES string of the molecule is O=C(C1CCN(C(=O)C2CCCC2)C1)N1CCCC1. The molecular formula is C15H24N2O2. The lowest BCUT2D eigenvalue weighted by molar-refractivity contribution is -0.136. The van der Waals surface area contributed by atoms with Gasteiger partial charge in [-0.05, 0) is 32.1 Å². The summed E-state index contributed by atoms with van der Waals surface area (Å²) >= 11 is 0. The first kappa shape index (κ1) is 12.9. The van der Waals surface area contributed by atoms with Gasteiger partial charge in [-0.15, -0.1) is 0 Å². The molecule has 0 aromatic heterocycles. The molecule has 2 saturated heterocycles. The van der Waals surface area contributed by atoms with Crippen LogP contribution >= 0.6 is 0 Å². The molecule has 1 aliphatic carbocycles. The van der Waals surface area contributed by atoms with Crippen molar-refractivity contribution in [1.82, 2.24) is 9.80 Å². The van der Waals surface area contributed by atoms with Crippen LogP contribution in [0.25, 0.3) is 0 Å². The van der Waals surface area contributed by atoms with Gasteiger partial charge in [-0.3, -0.25) is 9.59 Å². The van der Waals surface area contributed by atoms with E-state index < -0.39 is 0 Å². The lowest BCUT2D eigenvalue weighted by Gasteiger charge is -2.22. The standard InChI is InChI=1S/C15H24N2O2/c18-14(12-5-1-2-6-12)17-10-7-13(11-17)15(19)16-8-3-4-9-16/h12-13H,1-11H2. The monoisotopic (exact) mass is 264 g/mol. The molecule has 3 fully saturated rings. The van der Waals surface area contributed by atoms with Crippen molar-refractivity contribution in [3.63, 3.8) is 0 Å². The van der Waals surface area contributed by atoms with Gasteiger partial charge in [-0.1, -0.05) is 12.8 Å².